The first kappa shape index (κ1) is 23.0. The minimum atomic E-state index is -0.415. The predicted octanol–water partition coefficient (Wildman–Crippen LogP) is 5.40. The number of para-hydroxylation sites is 1. The van der Waals surface area contributed by atoms with Gasteiger partial charge in [-0.2, -0.15) is 0 Å². The molecule has 0 fully saturated rings. The minimum absolute atomic E-state index is 0.0543. The number of benzene rings is 2. The molecule has 0 saturated carbocycles. The van der Waals surface area contributed by atoms with E-state index in [-0.39, 0.29) is 11.5 Å². The van der Waals surface area contributed by atoms with Crippen molar-refractivity contribution >= 4 is 50.7 Å². The lowest BCUT2D eigenvalue weighted by molar-refractivity contribution is -0.115. The van der Waals surface area contributed by atoms with Gasteiger partial charge in [-0.1, -0.05) is 42.1 Å². The lowest BCUT2D eigenvalue weighted by Gasteiger charge is -2.13. The molecule has 1 aliphatic carbocycles. The lowest BCUT2D eigenvalue weighted by Crippen LogP contribution is -2.23. The largest absolute Gasteiger partial charge is 0.325 e. The van der Waals surface area contributed by atoms with E-state index in [9.17, 15) is 9.59 Å². The van der Waals surface area contributed by atoms with Crippen molar-refractivity contribution in [3.8, 4) is 5.69 Å². The number of nitrogens with zero attached hydrogens (tertiary/aromatic N) is 4. The van der Waals surface area contributed by atoms with Crippen molar-refractivity contribution in [3.63, 3.8) is 0 Å². The molecule has 0 spiro atoms. The Kier molecular flexibility index (Phi) is 5.89. The molecule has 36 heavy (non-hydrogen) atoms. The number of carbonyl (C=O) groups excluding carboxylic acids is 1. The van der Waals surface area contributed by atoms with Gasteiger partial charge in [0.05, 0.1) is 16.3 Å². The third-order valence-electron chi connectivity index (χ3n) is 6.54. The second-order valence-electron chi connectivity index (χ2n) is 9.10. The summed E-state index contributed by atoms with van der Waals surface area (Å²) < 4.78 is 3.64. The number of nitrogens with one attached hydrogen (secondary N) is 1. The predicted molar refractivity (Wildman–Crippen MR) is 146 cm³/mol. The van der Waals surface area contributed by atoms with E-state index in [1.54, 1.807) is 15.9 Å². The van der Waals surface area contributed by atoms with Crippen LogP contribution in [0, 0.1) is 6.92 Å². The lowest BCUT2D eigenvalue weighted by atomic mass is 9.97. The van der Waals surface area contributed by atoms with Crippen LogP contribution in [0.15, 0.2) is 64.5 Å². The van der Waals surface area contributed by atoms with Crippen LogP contribution in [-0.2, 0) is 17.6 Å². The highest BCUT2D eigenvalue weighted by Crippen LogP contribution is 2.37. The summed E-state index contributed by atoms with van der Waals surface area (Å²) in [6, 6.07) is 17.3. The van der Waals surface area contributed by atoms with Crippen LogP contribution in [0.25, 0.3) is 21.7 Å². The maximum Gasteiger partial charge on any atom is 0.268 e. The van der Waals surface area contributed by atoms with Crippen LogP contribution >= 0.6 is 23.1 Å². The summed E-state index contributed by atoms with van der Waals surface area (Å²) in [4.78, 5) is 29.0. The van der Waals surface area contributed by atoms with Crippen molar-refractivity contribution in [2.24, 2.45) is 0 Å². The molecular weight excluding hydrogens is 490 g/mol. The monoisotopic (exact) mass is 515 g/mol. The second-order valence-corrected chi connectivity index (χ2v) is 11.5. The Morgan fingerprint density at radius 2 is 1.89 bits per heavy atom. The molecule has 0 saturated heterocycles. The van der Waals surface area contributed by atoms with Crippen LogP contribution in [0.3, 0.4) is 0 Å². The minimum Gasteiger partial charge on any atom is -0.325 e. The van der Waals surface area contributed by atoms with E-state index in [1.165, 1.54) is 16.6 Å². The highest BCUT2D eigenvalue weighted by molar-refractivity contribution is 8.00. The zero-order valence-corrected chi connectivity index (χ0v) is 21.7. The molecular formula is C27H25N5O2S2. The van der Waals surface area contributed by atoms with Gasteiger partial charge in [-0.3, -0.25) is 9.59 Å². The molecule has 1 aliphatic rings. The van der Waals surface area contributed by atoms with E-state index in [4.69, 9.17) is 0 Å². The number of aromatic nitrogens is 4. The van der Waals surface area contributed by atoms with Gasteiger partial charge in [0.1, 0.15) is 4.83 Å². The maximum absolute atomic E-state index is 13.9. The maximum atomic E-state index is 13.9. The Morgan fingerprint density at radius 3 is 2.69 bits per heavy atom. The number of thioether (sulfide) groups is 1. The Balaban J connectivity index is 1.51. The molecule has 3 aromatic heterocycles. The van der Waals surface area contributed by atoms with Gasteiger partial charge >= 0.3 is 0 Å². The molecule has 2 aromatic carbocycles. The number of rotatable bonds is 5. The van der Waals surface area contributed by atoms with Crippen LogP contribution in [0.4, 0.5) is 5.69 Å². The summed E-state index contributed by atoms with van der Waals surface area (Å²) in [5.74, 6) is 0.353. The average Bonchev–Trinajstić information content (AvgIpc) is 3.46. The Morgan fingerprint density at radius 1 is 1.08 bits per heavy atom. The van der Waals surface area contributed by atoms with Gasteiger partial charge in [-0.15, -0.1) is 21.5 Å². The number of anilines is 1. The van der Waals surface area contributed by atoms with Crippen LogP contribution in [-0.4, -0.2) is 30.3 Å². The number of fused-ring (bicyclic) bond motifs is 5. The highest BCUT2D eigenvalue weighted by atomic mass is 32.2. The summed E-state index contributed by atoms with van der Waals surface area (Å²) in [6.07, 6.45) is 4.11. The van der Waals surface area contributed by atoms with Gasteiger partial charge < -0.3 is 5.32 Å². The molecule has 1 N–H and O–H groups in total. The van der Waals surface area contributed by atoms with Crippen molar-refractivity contribution < 1.29 is 4.79 Å². The molecule has 9 heteroatoms. The zero-order chi connectivity index (χ0) is 24.8. The van der Waals surface area contributed by atoms with Gasteiger partial charge in [-0.25, -0.2) is 8.97 Å². The van der Waals surface area contributed by atoms with Crippen molar-refractivity contribution in [1.29, 1.82) is 0 Å². The molecule has 6 rings (SSSR count). The summed E-state index contributed by atoms with van der Waals surface area (Å²) in [5.41, 5.74) is 3.69. The van der Waals surface area contributed by atoms with Crippen LogP contribution in [0.1, 0.15) is 35.8 Å². The van der Waals surface area contributed by atoms with Crippen LogP contribution < -0.4 is 10.9 Å². The van der Waals surface area contributed by atoms with Gasteiger partial charge in [0, 0.05) is 10.6 Å². The zero-order valence-electron chi connectivity index (χ0n) is 20.0. The molecule has 0 bridgehead atoms. The van der Waals surface area contributed by atoms with Gasteiger partial charge in [0.25, 0.3) is 5.56 Å². The number of aryl methyl sites for hydroxylation is 3. The van der Waals surface area contributed by atoms with Crippen molar-refractivity contribution in [2.75, 3.05) is 5.32 Å². The number of hydrogen-bond donors (Lipinski definition) is 1. The topological polar surface area (TPSA) is 81.3 Å². The molecule has 1 atom stereocenters. The van der Waals surface area contributed by atoms with Crippen molar-refractivity contribution in [1.82, 2.24) is 19.2 Å². The van der Waals surface area contributed by atoms with Crippen LogP contribution in [0.5, 0.6) is 0 Å². The Bertz CT molecular complexity index is 1670. The first-order chi connectivity index (χ1) is 17.5. The molecule has 182 valence electrons. The standard InChI is InChI=1S/C27H25N5O2S2/c1-16-9-8-12-19(15-16)31-24(34)22-20-13-6-7-14-21(20)36-25(22)32-26(31)29-30-27(32)35-17(2)23(33)28-18-10-4-3-5-11-18/h3-5,8-12,15,17H,6-7,13-14H2,1-2H3,(H,28,33). The molecule has 7 nitrogen and oxygen atoms in total. The first-order valence-electron chi connectivity index (χ1n) is 12.1. The van der Waals surface area contributed by atoms with Gasteiger partial charge in [-0.05, 0) is 74.9 Å². The molecule has 1 unspecified atom stereocenters. The molecule has 3 heterocycles. The summed E-state index contributed by atoms with van der Waals surface area (Å²) in [5, 5.41) is 12.8. The van der Waals surface area contributed by atoms with E-state index < -0.39 is 5.25 Å². The number of hydrogen-bond acceptors (Lipinski definition) is 6. The average molecular weight is 516 g/mol. The summed E-state index contributed by atoms with van der Waals surface area (Å²) in [7, 11) is 0. The number of amides is 1. The fourth-order valence-electron chi connectivity index (χ4n) is 4.77. The number of carbonyl (C=O) groups is 1. The van der Waals surface area contributed by atoms with Crippen molar-refractivity contribution in [3.05, 3.63) is 81.0 Å². The van der Waals surface area contributed by atoms with Gasteiger partial charge in [0.15, 0.2) is 5.16 Å². The summed E-state index contributed by atoms with van der Waals surface area (Å²) in [6.45, 7) is 3.87. The number of thiophene rings is 1. The Hall–Kier alpha value is -3.43. The molecule has 5 aromatic rings. The fraction of sp³-hybridized carbons (Fsp3) is 0.259. The fourth-order valence-corrected chi connectivity index (χ4v) is 7.06. The van der Waals surface area contributed by atoms with E-state index in [1.807, 2.05) is 72.8 Å². The molecule has 0 radical (unpaired) electrons. The van der Waals surface area contributed by atoms with E-state index in [2.05, 4.69) is 15.5 Å². The summed E-state index contributed by atoms with van der Waals surface area (Å²) >= 11 is 3.01. The Labute approximate surface area is 216 Å². The van der Waals surface area contributed by atoms with E-state index in [0.29, 0.717) is 10.9 Å². The van der Waals surface area contributed by atoms with Crippen LogP contribution in [0.2, 0.25) is 0 Å². The molecule has 0 aliphatic heterocycles. The normalized spacial score (nSPS) is 14.2. The van der Waals surface area contributed by atoms with E-state index in [0.717, 1.165) is 58.4 Å². The third-order valence-corrected chi connectivity index (χ3v) is 8.86. The molecule has 1 amide bonds. The second kappa shape index (κ2) is 9.22. The quantitative estimate of drug-likeness (QED) is 0.317. The van der Waals surface area contributed by atoms with E-state index >= 15 is 0 Å². The third kappa shape index (κ3) is 3.92. The smallest absolute Gasteiger partial charge is 0.268 e. The van der Waals surface area contributed by atoms with Crippen molar-refractivity contribution in [2.45, 2.75) is 49.9 Å². The van der Waals surface area contributed by atoms with Gasteiger partial charge in [0.2, 0.25) is 11.7 Å². The highest BCUT2D eigenvalue weighted by Gasteiger charge is 2.27. The SMILES string of the molecule is Cc1cccc(-n2c(=O)c3c4c(sc3n3c(SC(C)C(=O)Nc5ccccc5)nnc23)CCCC4)c1. The first-order valence-corrected chi connectivity index (χ1v) is 13.7.